The normalized spacial score (nSPS) is 16.0. The molecule has 0 fully saturated rings. The minimum Gasteiger partial charge on any atom is -0.378 e. The molecular formula is C30H37N2+. The highest BCUT2D eigenvalue weighted by Gasteiger charge is 2.39. The SMILES string of the molecule is C.C=C(C)c1ccccc1C1=C2C=CC(=[N+](C)C)C=C2C(C)(C)c2cc(N(C)C)ccc21. The standard InChI is InChI=1S/C29H33N2.CH4/c1-19(2)22-11-9-10-12-23(22)28-24-15-13-20(30(5)6)17-26(24)29(3,4)27-18-21(31(7)8)14-16-25(27)28;/h9-18H,1H2,2-8H3;1H4/q+1;. The summed E-state index contributed by atoms with van der Waals surface area (Å²) in [6, 6.07) is 15.6. The molecule has 2 aliphatic rings. The van der Waals surface area contributed by atoms with E-state index in [2.05, 4.69) is 126 Å². The van der Waals surface area contributed by atoms with Gasteiger partial charge in [-0.15, -0.1) is 0 Å². The zero-order chi connectivity index (χ0) is 22.5. The van der Waals surface area contributed by atoms with Crippen molar-refractivity contribution in [2.45, 2.75) is 33.6 Å². The minimum atomic E-state index is -0.107. The molecule has 0 spiro atoms. The summed E-state index contributed by atoms with van der Waals surface area (Å²) in [6.07, 6.45) is 6.90. The van der Waals surface area contributed by atoms with Gasteiger partial charge in [-0.2, -0.15) is 0 Å². The van der Waals surface area contributed by atoms with Crippen molar-refractivity contribution in [2.75, 3.05) is 33.1 Å². The van der Waals surface area contributed by atoms with E-state index in [1.54, 1.807) is 0 Å². The topological polar surface area (TPSA) is 6.25 Å². The van der Waals surface area contributed by atoms with Crippen LogP contribution in [0, 0.1) is 0 Å². The lowest BCUT2D eigenvalue weighted by molar-refractivity contribution is -0.462. The van der Waals surface area contributed by atoms with E-state index in [1.165, 1.54) is 50.4 Å². The third kappa shape index (κ3) is 3.68. The van der Waals surface area contributed by atoms with Crippen LogP contribution in [-0.2, 0) is 5.41 Å². The number of allylic oxidation sites excluding steroid dienone is 6. The first-order chi connectivity index (χ1) is 14.6. The molecule has 0 radical (unpaired) electrons. The van der Waals surface area contributed by atoms with Gasteiger partial charge in [0.2, 0.25) is 0 Å². The van der Waals surface area contributed by atoms with Gasteiger partial charge in [0.1, 0.15) is 14.1 Å². The second-order valence-electron chi connectivity index (χ2n) is 9.57. The van der Waals surface area contributed by atoms with E-state index >= 15 is 0 Å². The molecule has 2 nitrogen and oxygen atoms in total. The van der Waals surface area contributed by atoms with E-state index in [1.807, 2.05) is 0 Å². The van der Waals surface area contributed by atoms with Gasteiger partial charge in [-0.25, -0.2) is 4.58 Å². The molecule has 32 heavy (non-hydrogen) atoms. The summed E-state index contributed by atoms with van der Waals surface area (Å²) in [7, 11) is 8.43. The molecule has 0 saturated carbocycles. The molecule has 0 aromatic heterocycles. The molecular weight excluding hydrogens is 388 g/mol. The summed E-state index contributed by atoms with van der Waals surface area (Å²) in [6.45, 7) is 11.1. The highest BCUT2D eigenvalue weighted by atomic mass is 15.1. The first kappa shape index (κ1) is 23.5. The number of fused-ring (bicyclic) bond motifs is 2. The van der Waals surface area contributed by atoms with Gasteiger partial charge in [-0.05, 0) is 64.1 Å². The van der Waals surface area contributed by atoms with Crippen molar-refractivity contribution in [3.63, 3.8) is 0 Å². The first-order valence-electron chi connectivity index (χ1n) is 10.9. The van der Waals surface area contributed by atoms with Crippen LogP contribution in [-0.4, -0.2) is 38.5 Å². The number of hydrogen-bond donors (Lipinski definition) is 0. The average molecular weight is 426 g/mol. The van der Waals surface area contributed by atoms with E-state index in [-0.39, 0.29) is 12.8 Å². The quantitative estimate of drug-likeness (QED) is 0.495. The van der Waals surface area contributed by atoms with Crippen molar-refractivity contribution in [1.82, 2.24) is 0 Å². The molecule has 2 heteroatoms. The highest BCUT2D eigenvalue weighted by molar-refractivity contribution is 6.07. The molecule has 0 heterocycles. The zero-order valence-corrected chi connectivity index (χ0v) is 19.9. The predicted molar refractivity (Wildman–Crippen MR) is 142 cm³/mol. The van der Waals surface area contributed by atoms with Gasteiger partial charge < -0.3 is 4.90 Å². The smallest absolute Gasteiger partial charge is 0.199 e. The molecule has 0 saturated heterocycles. The Bertz CT molecular complexity index is 1210. The number of rotatable bonds is 3. The summed E-state index contributed by atoms with van der Waals surface area (Å²) in [5.41, 5.74) is 12.6. The molecule has 2 aromatic carbocycles. The number of nitrogens with zero attached hydrogens (tertiary/aromatic N) is 2. The van der Waals surface area contributed by atoms with Crippen LogP contribution >= 0.6 is 0 Å². The van der Waals surface area contributed by atoms with Crippen LogP contribution < -0.4 is 4.90 Å². The lowest BCUT2D eigenvalue weighted by Crippen LogP contribution is -2.30. The van der Waals surface area contributed by atoms with Gasteiger partial charge in [0.25, 0.3) is 0 Å². The van der Waals surface area contributed by atoms with Crippen molar-refractivity contribution < 1.29 is 4.58 Å². The van der Waals surface area contributed by atoms with Gasteiger partial charge in [0.05, 0.1) is 0 Å². The average Bonchev–Trinajstić information content (AvgIpc) is 2.73. The molecule has 166 valence electrons. The summed E-state index contributed by atoms with van der Waals surface area (Å²) in [4.78, 5) is 2.18. The monoisotopic (exact) mass is 425 g/mol. The van der Waals surface area contributed by atoms with Crippen LogP contribution in [0.1, 0.15) is 50.5 Å². The van der Waals surface area contributed by atoms with E-state index in [0.29, 0.717) is 0 Å². The van der Waals surface area contributed by atoms with Crippen LogP contribution in [0.5, 0.6) is 0 Å². The highest BCUT2D eigenvalue weighted by Crippen LogP contribution is 2.51. The Morgan fingerprint density at radius 1 is 0.969 bits per heavy atom. The lowest BCUT2D eigenvalue weighted by atomic mass is 9.64. The Morgan fingerprint density at radius 2 is 1.66 bits per heavy atom. The summed E-state index contributed by atoms with van der Waals surface area (Å²) in [5, 5.41) is 0. The fraction of sp³-hybridized carbons (Fsp3) is 0.300. The second-order valence-corrected chi connectivity index (χ2v) is 9.57. The molecule has 0 aliphatic heterocycles. The molecule has 0 unspecified atom stereocenters. The van der Waals surface area contributed by atoms with Gasteiger partial charge >= 0.3 is 0 Å². The van der Waals surface area contributed by atoms with Gasteiger partial charge in [0.15, 0.2) is 5.71 Å². The fourth-order valence-corrected chi connectivity index (χ4v) is 4.74. The minimum absolute atomic E-state index is 0. The molecule has 4 rings (SSSR count). The van der Waals surface area contributed by atoms with Crippen molar-refractivity contribution in [3.8, 4) is 0 Å². The maximum absolute atomic E-state index is 4.27. The zero-order valence-electron chi connectivity index (χ0n) is 19.9. The molecule has 0 amide bonds. The molecule has 2 aromatic rings. The Morgan fingerprint density at radius 3 is 2.28 bits per heavy atom. The Balaban J connectivity index is 0.00000289. The molecule has 0 atom stereocenters. The second kappa shape index (κ2) is 8.43. The van der Waals surface area contributed by atoms with Gasteiger partial charge in [-0.1, -0.05) is 63.8 Å². The molecule has 2 aliphatic carbocycles. The fourth-order valence-electron chi connectivity index (χ4n) is 4.74. The summed E-state index contributed by atoms with van der Waals surface area (Å²) >= 11 is 0. The third-order valence-electron chi connectivity index (χ3n) is 6.58. The summed E-state index contributed by atoms with van der Waals surface area (Å²) in [5.74, 6) is 0. The van der Waals surface area contributed by atoms with E-state index in [9.17, 15) is 0 Å². The van der Waals surface area contributed by atoms with Crippen LogP contribution in [0.3, 0.4) is 0 Å². The maximum atomic E-state index is 4.27. The predicted octanol–water partition coefficient (Wildman–Crippen LogP) is 6.72. The third-order valence-corrected chi connectivity index (χ3v) is 6.58. The van der Waals surface area contributed by atoms with E-state index in [4.69, 9.17) is 0 Å². The van der Waals surface area contributed by atoms with Crippen LogP contribution in [0.2, 0.25) is 0 Å². The molecule has 0 bridgehead atoms. The summed E-state index contributed by atoms with van der Waals surface area (Å²) < 4.78 is 2.18. The van der Waals surface area contributed by atoms with Crippen LogP contribution in [0.15, 0.2) is 78.4 Å². The first-order valence-corrected chi connectivity index (χ1v) is 10.9. The largest absolute Gasteiger partial charge is 0.378 e. The number of hydrogen-bond acceptors (Lipinski definition) is 1. The van der Waals surface area contributed by atoms with Gasteiger partial charge in [-0.3, -0.25) is 0 Å². The van der Waals surface area contributed by atoms with E-state index < -0.39 is 0 Å². The van der Waals surface area contributed by atoms with Crippen LogP contribution in [0.25, 0.3) is 11.1 Å². The number of benzene rings is 2. The van der Waals surface area contributed by atoms with Crippen molar-refractivity contribution >= 4 is 22.5 Å². The van der Waals surface area contributed by atoms with Gasteiger partial charge in [0, 0.05) is 37.3 Å². The Kier molecular flexibility index (Phi) is 6.20. The Hall–Kier alpha value is -3.13. The van der Waals surface area contributed by atoms with Crippen molar-refractivity contribution in [2.24, 2.45) is 0 Å². The number of anilines is 1. The Labute approximate surface area is 194 Å². The van der Waals surface area contributed by atoms with Crippen molar-refractivity contribution in [1.29, 1.82) is 0 Å². The maximum Gasteiger partial charge on any atom is 0.199 e. The lowest BCUT2D eigenvalue weighted by Gasteiger charge is -2.39. The van der Waals surface area contributed by atoms with Crippen molar-refractivity contribution in [3.05, 3.63) is 101 Å². The van der Waals surface area contributed by atoms with Crippen LogP contribution in [0.4, 0.5) is 5.69 Å². The molecule has 0 N–H and O–H groups in total. The van der Waals surface area contributed by atoms with E-state index in [0.717, 1.165) is 5.57 Å².